The molecule has 1 fully saturated rings. The zero-order valence-electron chi connectivity index (χ0n) is 15.7. The van der Waals surface area contributed by atoms with Gasteiger partial charge in [-0.1, -0.05) is 49.3 Å². The molecule has 1 aromatic heterocycles. The maximum Gasteiger partial charge on any atom is 0.233 e. The number of piperazine rings is 1. The lowest BCUT2D eigenvalue weighted by Crippen LogP contribution is -2.48. The van der Waals surface area contributed by atoms with Gasteiger partial charge >= 0.3 is 0 Å². The van der Waals surface area contributed by atoms with E-state index in [9.17, 15) is 4.79 Å². The van der Waals surface area contributed by atoms with Crippen LogP contribution >= 0.6 is 23.4 Å². The Morgan fingerprint density at radius 3 is 2.74 bits per heavy atom. The van der Waals surface area contributed by atoms with Crippen molar-refractivity contribution in [3.8, 4) is 0 Å². The topological polar surface area (TPSA) is 67.2 Å². The third kappa shape index (κ3) is 5.92. The van der Waals surface area contributed by atoms with Crippen molar-refractivity contribution in [1.29, 1.82) is 0 Å². The van der Waals surface area contributed by atoms with Gasteiger partial charge in [0.25, 0.3) is 0 Å². The number of tetrazole rings is 1. The van der Waals surface area contributed by atoms with Gasteiger partial charge in [-0.25, -0.2) is 4.68 Å². The number of carbonyl (C=O) groups excluding carboxylic acids is 1. The molecule has 1 aromatic carbocycles. The van der Waals surface area contributed by atoms with Crippen LogP contribution in [0.2, 0.25) is 5.02 Å². The Hall–Kier alpha value is -1.64. The second-order valence-corrected chi connectivity index (χ2v) is 8.49. The summed E-state index contributed by atoms with van der Waals surface area (Å²) >= 11 is 7.46. The smallest absolute Gasteiger partial charge is 0.233 e. The summed E-state index contributed by atoms with van der Waals surface area (Å²) in [5, 5.41) is 13.2. The number of thioether (sulfide) groups is 1. The molecular weight excluding hydrogens is 384 g/mol. The number of benzene rings is 1. The van der Waals surface area contributed by atoms with Crippen molar-refractivity contribution >= 4 is 29.3 Å². The van der Waals surface area contributed by atoms with Gasteiger partial charge in [-0.3, -0.25) is 9.69 Å². The number of amides is 1. The molecule has 2 heterocycles. The molecule has 146 valence electrons. The molecule has 0 atom stereocenters. The van der Waals surface area contributed by atoms with E-state index < -0.39 is 0 Å². The molecule has 1 aliphatic rings. The first-order chi connectivity index (χ1) is 13.0. The highest BCUT2D eigenvalue weighted by molar-refractivity contribution is 7.99. The summed E-state index contributed by atoms with van der Waals surface area (Å²) in [6, 6.07) is 7.94. The molecule has 1 saturated heterocycles. The zero-order valence-corrected chi connectivity index (χ0v) is 17.3. The van der Waals surface area contributed by atoms with E-state index in [2.05, 4.69) is 40.3 Å². The Bertz CT molecular complexity index is 760. The first kappa shape index (κ1) is 20.1. The number of aromatic nitrogens is 4. The van der Waals surface area contributed by atoms with Crippen LogP contribution in [0, 0.1) is 5.92 Å². The average molecular weight is 409 g/mol. The predicted octanol–water partition coefficient (Wildman–Crippen LogP) is 2.42. The molecule has 0 spiro atoms. The Kier molecular flexibility index (Phi) is 7.09. The molecular formula is C18H25ClN6OS. The van der Waals surface area contributed by atoms with E-state index in [0.29, 0.717) is 16.8 Å². The normalized spacial score (nSPS) is 15.5. The predicted molar refractivity (Wildman–Crippen MR) is 107 cm³/mol. The van der Waals surface area contributed by atoms with Crippen LogP contribution in [0.15, 0.2) is 29.4 Å². The molecule has 0 unspecified atom stereocenters. The van der Waals surface area contributed by atoms with E-state index in [0.717, 1.165) is 44.3 Å². The van der Waals surface area contributed by atoms with Gasteiger partial charge in [0.2, 0.25) is 11.1 Å². The monoisotopic (exact) mass is 408 g/mol. The fourth-order valence-corrected chi connectivity index (χ4v) is 4.03. The summed E-state index contributed by atoms with van der Waals surface area (Å²) in [7, 11) is 0. The number of rotatable bonds is 7. The third-order valence-corrected chi connectivity index (χ3v) is 5.56. The van der Waals surface area contributed by atoms with Crippen molar-refractivity contribution in [2.24, 2.45) is 5.92 Å². The Morgan fingerprint density at radius 2 is 2.04 bits per heavy atom. The van der Waals surface area contributed by atoms with E-state index in [1.54, 1.807) is 4.68 Å². The lowest BCUT2D eigenvalue weighted by Gasteiger charge is -2.34. The number of carbonyl (C=O) groups is 1. The Balaban J connectivity index is 1.44. The van der Waals surface area contributed by atoms with Crippen molar-refractivity contribution in [3.63, 3.8) is 0 Å². The summed E-state index contributed by atoms with van der Waals surface area (Å²) in [6.07, 6.45) is 0. The SMILES string of the molecule is CC(C)Cn1nnnc1SCC(=O)N1CCN(Cc2cccc(Cl)c2)CC1. The highest BCUT2D eigenvalue weighted by atomic mass is 35.5. The minimum absolute atomic E-state index is 0.140. The molecule has 0 N–H and O–H groups in total. The van der Waals surface area contributed by atoms with Crippen LogP contribution in [-0.2, 0) is 17.9 Å². The molecule has 0 aliphatic carbocycles. The molecule has 0 saturated carbocycles. The van der Waals surface area contributed by atoms with Gasteiger partial charge in [0.1, 0.15) is 0 Å². The van der Waals surface area contributed by atoms with Crippen LogP contribution in [0.4, 0.5) is 0 Å². The zero-order chi connectivity index (χ0) is 19.2. The summed E-state index contributed by atoms with van der Waals surface area (Å²) in [6.45, 7) is 9.08. The van der Waals surface area contributed by atoms with Crippen molar-refractivity contribution in [2.75, 3.05) is 31.9 Å². The van der Waals surface area contributed by atoms with Crippen molar-refractivity contribution in [2.45, 2.75) is 32.1 Å². The number of hydrogen-bond donors (Lipinski definition) is 0. The molecule has 1 amide bonds. The van der Waals surface area contributed by atoms with E-state index >= 15 is 0 Å². The number of nitrogens with zero attached hydrogens (tertiary/aromatic N) is 6. The largest absolute Gasteiger partial charge is 0.339 e. The van der Waals surface area contributed by atoms with Gasteiger partial charge in [-0.2, -0.15) is 0 Å². The van der Waals surface area contributed by atoms with Gasteiger partial charge in [0.05, 0.1) is 5.75 Å². The quantitative estimate of drug-likeness (QED) is 0.655. The fraction of sp³-hybridized carbons (Fsp3) is 0.556. The Morgan fingerprint density at radius 1 is 1.26 bits per heavy atom. The lowest BCUT2D eigenvalue weighted by atomic mass is 10.2. The fourth-order valence-electron chi connectivity index (χ4n) is 3.03. The van der Waals surface area contributed by atoms with Crippen LogP contribution in [0.25, 0.3) is 0 Å². The van der Waals surface area contributed by atoms with Gasteiger partial charge < -0.3 is 4.90 Å². The van der Waals surface area contributed by atoms with E-state index in [1.165, 1.54) is 17.3 Å². The third-order valence-electron chi connectivity index (χ3n) is 4.38. The number of halogens is 1. The first-order valence-corrected chi connectivity index (χ1v) is 10.5. The molecule has 3 rings (SSSR count). The average Bonchev–Trinajstić information content (AvgIpc) is 3.06. The minimum atomic E-state index is 0.140. The standard InChI is InChI=1S/C18H25ClN6OS/c1-14(2)11-25-18(20-21-22-25)27-13-17(26)24-8-6-23(7-9-24)12-15-4-3-5-16(19)10-15/h3-5,10,14H,6-9,11-13H2,1-2H3. The summed E-state index contributed by atoms with van der Waals surface area (Å²) < 4.78 is 1.77. The minimum Gasteiger partial charge on any atom is -0.339 e. The van der Waals surface area contributed by atoms with Crippen LogP contribution in [0.5, 0.6) is 0 Å². The van der Waals surface area contributed by atoms with Gasteiger partial charge in [-0.15, -0.1) is 5.10 Å². The molecule has 0 radical (unpaired) electrons. The molecule has 27 heavy (non-hydrogen) atoms. The van der Waals surface area contributed by atoms with Gasteiger partial charge in [-0.05, 0) is 34.0 Å². The van der Waals surface area contributed by atoms with E-state index in [4.69, 9.17) is 11.6 Å². The second kappa shape index (κ2) is 9.52. The van der Waals surface area contributed by atoms with Crippen molar-refractivity contribution < 1.29 is 4.79 Å². The first-order valence-electron chi connectivity index (χ1n) is 9.15. The van der Waals surface area contributed by atoms with Crippen molar-refractivity contribution in [1.82, 2.24) is 30.0 Å². The summed E-state index contributed by atoms with van der Waals surface area (Å²) in [4.78, 5) is 16.8. The highest BCUT2D eigenvalue weighted by Crippen LogP contribution is 2.17. The molecule has 1 aliphatic heterocycles. The van der Waals surface area contributed by atoms with Crippen molar-refractivity contribution in [3.05, 3.63) is 34.9 Å². The van der Waals surface area contributed by atoms with Crippen LogP contribution in [-0.4, -0.2) is 67.8 Å². The van der Waals surface area contributed by atoms with Crippen LogP contribution < -0.4 is 0 Å². The summed E-state index contributed by atoms with van der Waals surface area (Å²) in [5.41, 5.74) is 1.20. The molecule has 0 bridgehead atoms. The molecule has 9 heteroatoms. The maximum absolute atomic E-state index is 12.5. The molecule has 2 aromatic rings. The van der Waals surface area contributed by atoms with Crippen LogP contribution in [0.1, 0.15) is 19.4 Å². The summed E-state index contributed by atoms with van der Waals surface area (Å²) in [5.74, 6) is 0.963. The second-order valence-electron chi connectivity index (χ2n) is 7.11. The van der Waals surface area contributed by atoms with Gasteiger partial charge in [0, 0.05) is 44.3 Å². The van der Waals surface area contributed by atoms with Gasteiger partial charge in [0.15, 0.2) is 0 Å². The molecule has 7 nitrogen and oxygen atoms in total. The maximum atomic E-state index is 12.5. The van der Waals surface area contributed by atoms with Crippen LogP contribution in [0.3, 0.4) is 0 Å². The highest BCUT2D eigenvalue weighted by Gasteiger charge is 2.22. The van der Waals surface area contributed by atoms with E-state index in [-0.39, 0.29) is 5.91 Å². The number of hydrogen-bond acceptors (Lipinski definition) is 6. The lowest BCUT2D eigenvalue weighted by molar-refractivity contribution is -0.130. The van der Waals surface area contributed by atoms with E-state index in [1.807, 2.05) is 23.1 Å². The Labute approximate surface area is 169 Å².